The molecule has 1 atom stereocenters. The Bertz CT molecular complexity index is 757. The van der Waals surface area contributed by atoms with Gasteiger partial charge in [-0.25, -0.2) is 0 Å². The van der Waals surface area contributed by atoms with Crippen LogP contribution >= 0.6 is 0 Å². The zero-order valence-corrected chi connectivity index (χ0v) is 15.5. The fraction of sp³-hybridized carbons (Fsp3) is 0.500. The molecule has 0 spiro atoms. The van der Waals surface area contributed by atoms with Gasteiger partial charge in [-0.2, -0.15) is 5.10 Å². The molecular formula is C20H27N3O3. The van der Waals surface area contributed by atoms with Crippen molar-refractivity contribution in [3.8, 4) is 5.75 Å². The van der Waals surface area contributed by atoms with Gasteiger partial charge in [-0.15, -0.1) is 0 Å². The van der Waals surface area contributed by atoms with Gasteiger partial charge in [0.1, 0.15) is 5.75 Å². The number of fused-ring (bicyclic) bond motifs is 1. The van der Waals surface area contributed by atoms with Gasteiger partial charge in [0.25, 0.3) is 5.91 Å². The lowest BCUT2D eigenvalue weighted by Crippen LogP contribution is -2.34. The smallest absolute Gasteiger partial charge is 0.275 e. The van der Waals surface area contributed by atoms with E-state index in [0.29, 0.717) is 24.8 Å². The van der Waals surface area contributed by atoms with Crippen molar-refractivity contribution in [2.24, 2.45) is 5.92 Å². The lowest BCUT2D eigenvalue weighted by Gasteiger charge is -2.23. The second-order valence-corrected chi connectivity index (χ2v) is 6.91. The number of amides is 1. The molecule has 1 aromatic heterocycles. The first-order chi connectivity index (χ1) is 12.6. The van der Waals surface area contributed by atoms with Crippen LogP contribution in [0.2, 0.25) is 0 Å². The van der Waals surface area contributed by atoms with E-state index < -0.39 is 0 Å². The normalized spacial score (nSPS) is 16.2. The van der Waals surface area contributed by atoms with Gasteiger partial charge in [-0.1, -0.05) is 19.1 Å². The standard InChI is InChI=1S/C20H27N3O3/c1-3-26-16-6-4-5-15(12-16)13-23(9-10-24)20(25)19-17-11-14(2)7-8-18(17)21-22-19/h4-6,12,14,24H,3,7-11,13H2,1-2H3,(H,21,22)/t14-/m1/s1. The van der Waals surface area contributed by atoms with Crippen molar-refractivity contribution in [3.63, 3.8) is 0 Å². The molecule has 2 N–H and O–H groups in total. The number of aryl methyl sites for hydroxylation is 1. The van der Waals surface area contributed by atoms with Crippen molar-refractivity contribution in [3.05, 3.63) is 46.8 Å². The molecule has 140 valence electrons. The summed E-state index contributed by atoms with van der Waals surface area (Å²) in [6.07, 6.45) is 2.93. The quantitative estimate of drug-likeness (QED) is 0.798. The van der Waals surface area contributed by atoms with Gasteiger partial charge >= 0.3 is 0 Å². The van der Waals surface area contributed by atoms with Crippen molar-refractivity contribution in [2.75, 3.05) is 19.8 Å². The van der Waals surface area contributed by atoms with E-state index in [2.05, 4.69) is 17.1 Å². The minimum atomic E-state index is -0.132. The number of aromatic amines is 1. The molecule has 0 bridgehead atoms. The van der Waals surface area contributed by atoms with Crippen LogP contribution < -0.4 is 4.74 Å². The summed E-state index contributed by atoms with van der Waals surface area (Å²) in [4.78, 5) is 14.7. The first-order valence-electron chi connectivity index (χ1n) is 9.30. The van der Waals surface area contributed by atoms with E-state index in [1.807, 2.05) is 31.2 Å². The number of ether oxygens (including phenoxy) is 1. The molecule has 0 unspecified atom stereocenters. The fourth-order valence-corrected chi connectivity index (χ4v) is 3.49. The molecule has 6 nitrogen and oxygen atoms in total. The number of hydrogen-bond acceptors (Lipinski definition) is 4. The Morgan fingerprint density at radius 3 is 3.08 bits per heavy atom. The van der Waals surface area contributed by atoms with Crippen molar-refractivity contribution in [2.45, 2.75) is 39.7 Å². The number of aromatic nitrogens is 2. The van der Waals surface area contributed by atoms with Crippen LogP contribution in [0.15, 0.2) is 24.3 Å². The number of aliphatic hydroxyl groups excluding tert-OH is 1. The molecule has 1 aliphatic rings. The van der Waals surface area contributed by atoms with Gasteiger partial charge in [0, 0.05) is 24.3 Å². The average Bonchev–Trinajstić information content (AvgIpc) is 3.04. The molecule has 1 aromatic carbocycles. The molecule has 0 fully saturated rings. The van der Waals surface area contributed by atoms with Crippen LogP contribution in [-0.2, 0) is 19.4 Å². The van der Waals surface area contributed by atoms with E-state index in [4.69, 9.17) is 4.74 Å². The maximum atomic E-state index is 13.1. The predicted octanol–water partition coefficient (Wildman–Crippen LogP) is 2.57. The summed E-state index contributed by atoms with van der Waals surface area (Å²) in [7, 11) is 0. The SMILES string of the molecule is CCOc1cccc(CN(CCO)C(=O)c2n[nH]c3c2C[C@H](C)CC3)c1. The summed E-state index contributed by atoms with van der Waals surface area (Å²) < 4.78 is 5.54. The molecule has 0 radical (unpaired) electrons. The van der Waals surface area contributed by atoms with Crippen LogP contribution in [0.3, 0.4) is 0 Å². The number of aliphatic hydroxyl groups is 1. The first-order valence-corrected chi connectivity index (χ1v) is 9.30. The monoisotopic (exact) mass is 357 g/mol. The average molecular weight is 357 g/mol. The molecule has 0 aliphatic heterocycles. The zero-order valence-electron chi connectivity index (χ0n) is 15.5. The van der Waals surface area contributed by atoms with E-state index in [9.17, 15) is 9.90 Å². The number of H-pyrrole nitrogens is 1. The van der Waals surface area contributed by atoms with Gasteiger partial charge in [0.15, 0.2) is 5.69 Å². The Labute approximate surface area is 154 Å². The second-order valence-electron chi connectivity index (χ2n) is 6.91. The predicted molar refractivity (Wildman–Crippen MR) is 99.2 cm³/mol. The number of hydrogen-bond donors (Lipinski definition) is 2. The third-order valence-electron chi connectivity index (χ3n) is 4.84. The van der Waals surface area contributed by atoms with Crippen LogP contribution in [0.25, 0.3) is 0 Å². The van der Waals surface area contributed by atoms with Gasteiger partial charge in [0.2, 0.25) is 0 Å². The van der Waals surface area contributed by atoms with E-state index in [-0.39, 0.29) is 19.1 Å². The van der Waals surface area contributed by atoms with Crippen LogP contribution in [-0.4, -0.2) is 45.9 Å². The zero-order chi connectivity index (χ0) is 18.5. The summed E-state index contributed by atoms with van der Waals surface area (Å²) >= 11 is 0. The fourth-order valence-electron chi connectivity index (χ4n) is 3.49. The highest BCUT2D eigenvalue weighted by Crippen LogP contribution is 2.27. The summed E-state index contributed by atoms with van der Waals surface area (Å²) in [5, 5.41) is 16.8. The highest BCUT2D eigenvalue weighted by molar-refractivity contribution is 5.94. The molecule has 1 heterocycles. The summed E-state index contributed by atoms with van der Waals surface area (Å²) in [6.45, 7) is 5.34. The highest BCUT2D eigenvalue weighted by Gasteiger charge is 2.27. The Kier molecular flexibility index (Phi) is 5.93. The van der Waals surface area contributed by atoms with Gasteiger partial charge in [0.05, 0.1) is 13.2 Å². The molecule has 1 aliphatic carbocycles. The van der Waals surface area contributed by atoms with Crippen molar-refractivity contribution >= 4 is 5.91 Å². The Balaban J connectivity index is 1.81. The third-order valence-corrected chi connectivity index (χ3v) is 4.84. The van der Waals surface area contributed by atoms with E-state index in [1.165, 1.54) is 0 Å². The molecule has 3 rings (SSSR count). The molecule has 0 saturated heterocycles. The van der Waals surface area contributed by atoms with Crippen LogP contribution in [0.1, 0.15) is 47.6 Å². The largest absolute Gasteiger partial charge is 0.494 e. The van der Waals surface area contributed by atoms with Gasteiger partial charge in [-0.3, -0.25) is 9.89 Å². The molecular weight excluding hydrogens is 330 g/mol. The third kappa shape index (κ3) is 4.07. The molecule has 26 heavy (non-hydrogen) atoms. The van der Waals surface area contributed by atoms with E-state index in [1.54, 1.807) is 4.90 Å². The maximum Gasteiger partial charge on any atom is 0.275 e. The molecule has 0 saturated carbocycles. The minimum Gasteiger partial charge on any atom is -0.494 e. The van der Waals surface area contributed by atoms with E-state index >= 15 is 0 Å². The van der Waals surface area contributed by atoms with Crippen LogP contribution in [0.4, 0.5) is 0 Å². The van der Waals surface area contributed by atoms with Crippen LogP contribution in [0.5, 0.6) is 5.75 Å². The Hall–Kier alpha value is -2.34. The number of carbonyl (C=O) groups is 1. The Morgan fingerprint density at radius 1 is 1.46 bits per heavy atom. The number of nitrogens with one attached hydrogen (secondary N) is 1. The summed E-state index contributed by atoms with van der Waals surface area (Å²) in [5.74, 6) is 1.21. The molecule has 6 heteroatoms. The maximum absolute atomic E-state index is 13.1. The molecule has 2 aromatic rings. The number of benzene rings is 1. The lowest BCUT2D eigenvalue weighted by atomic mass is 9.87. The van der Waals surface area contributed by atoms with E-state index in [0.717, 1.165) is 41.8 Å². The number of carbonyl (C=O) groups excluding carboxylic acids is 1. The van der Waals surface area contributed by atoms with Gasteiger partial charge in [-0.05, 0) is 49.8 Å². The number of rotatable bonds is 7. The van der Waals surface area contributed by atoms with Crippen molar-refractivity contribution in [1.29, 1.82) is 0 Å². The van der Waals surface area contributed by atoms with Crippen LogP contribution in [0, 0.1) is 5.92 Å². The number of nitrogens with zero attached hydrogens (tertiary/aromatic N) is 2. The lowest BCUT2D eigenvalue weighted by molar-refractivity contribution is 0.0700. The summed E-state index contributed by atoms with van der Waals surface area (Å²) in [5.41, 5.74) is 3.59. The first kappa shape index (κ1) is 18.5. The van der Waals surface area contributed by atoms with Crippen molar-refractivity contribution in [1.82, 2.24) is 15.1 Å². The topological polar surface area (TPSA) is 78.5 Å². The highest BCUT2D eigenvalue weighted by atomic mass is 16.5. The second kappa shape index (κ2) is 8.36. The Morgan fingerprint density at radius 2 is 2.31 bits per heavy atom. The minimum absolute atomic E-state index is 0.0834. The summed E-state index contributed by atoms with van der Waals surface area (Å²) in [6, 6.07) is 7.71. The van der Waals surface area contributed by atoms with Gasteiger partial charge < -0.3 is 14.7 Å². The van der Waals surface area contributed by atoms with Crippen molar-refractivity contribution < 1.29 is 14.6 Å². The molecule has 1 amide bonds.